The molecule has 5 nitrogen and oxygen atoms in total. The lowest BCUT2D eigenvalue weighted by Gasteiger charge is -2.15. The zero-order valence-electron chi connectivity index (χ0n) is 8.48. The first-order chi connectivity index (χ1) is 7.93. The van der Waals surface area contributed by atoms with Gasteiger partial charge in [0, 0.05) is 11.0 Å². The van der Waals surface area contributed by atoms with E-state index in [0.29, 0.717) is 8.78 Å². The zero-order valence-corrected chi connectivity index (χ0v) is 10.9. The Hall–Kier alpha value is -1.15. The Morgan fingerprint density at radius 1 is 1.41 bits per heavy atom. The maximum Gasteiger partial charge on any atom is 0.331 e. The molecule has 0 unspecified atom stereocenters. The maximum absolute atomic E-state index is 13.6. The summed E-state index contributed by atoms with van der Waals surface area (Å²) in [5.74, 6) is -0.890. The Morgan fingerprint density at radius 3 is 2.65 bits per heavy atom. The van der Waals surface area contributed by atoms with Crippen molar-refractivity contribution in [3.05, 3.63) is 28.5 Å². The minimum atomic E-state index is -4.11. The van der Waals surface area contributed by atoms with Crippen molar-refractivity contribution in [2.75, 3.05) is 13.1 Å². The second-order valence-corrected chi connectivity index (χ2v) is 6.13. The van der Waals surface area contributed by atoms with E-state index >= 15 is 0 Å². The number of hydrogen-bond acceptors (Lipinski definition) is 3. The van der Waals surface area contributed by atoms with Gasteiger partial charge in [0.25, 0.3) is 10.0 Å². The molecule has 0 atom stereocenters. The molecule has 2 amide bonds. The van der Waals surface area contributed by atoms with E-state index in [1.165, 1.54) is 6.07 Å². The van der Waals surface area contributed by atoms with Crippen molar-refractivity contribution in [2.24, 2.45) is 0 Å². The molecule has 0 bridgehead atoms. The molecule has 1 saturated heterocycles. The van der Waals surface area contributed by atoms with E-state index in [1.54, 1.807) is 0 Å². The summed E-state index contributed by atoms with van der Waals surface area (Å²) in [5, 5.41) is 2.35. The van der Waals surface area contributed by atoms with Crippen molar-refractivity contribution < 1.29 is 17.6 Å². The first-order valence-corrected chi connectivity index (χ1v) is 6.92. The van der Waals surface area contributed by atoms with Crippen molar-refractivity contribution in [1.29, 1.82) is 0 Å². The first-order valence-electron chi connectivity index (χ1n) is 4.68. The van der Waals surface area contributed by atoms with Crippen LogP contribution in [0.1, 0.15) is 0 Å². The lowest BCUT2D eigenvalue weighted by atomic mass is 10.3. The van der Waals surface area contributed by atoms with Gasteiger partial charge < -0.3 is 5.32 Å². The number of nitrogens with zero attached hydrogens (tertiary/aromatic N) is 1. The minimum absolute atomic E-state index is 0.0106. The molecule has 0 aromatic heterocycles. The fourth-order valence-corrected chi connectivity index (χ4v) is 3.22. The van der Waals surface area contributed by atoms with Gasteiger partial charge in [-0.1, -0.05) is 15.9 Å². The number of sulfonamides is 1. The smallest absolute Gasteiger partial charge is 0.331 e. The minimum Gasteiger partial charge on any atom is -0.335 e. The number of carbonyl (C=O) groups is 1. The molecule has 1 N–H and O–H groups in total. The van der Waals surface area contributed by atoms with Gasteiger partial charge in [-0.25, -0.2) is 21.9 Å². The first kappa shape index (κ1) is 12.3. The molecule has 1 fully saturated rings. The Balaban J connectivity index is 2.48. The normalized spacial score (nSPS) is 16.1. The average molecular weight is 323 g/mol. The van der Waals surface area contributed by atoms with Gasteiger partial charge >= 0.3 is 6.03 Å². The molecule has 0 spiro atoms. The molecule has 1 aliphatic rings. The number of urea groups is 1. The largest absolute Gasteiger partial charge is 0.335 e. The molecule has 17 heavy (non-hydrogen) atoms. The molecule has 1 heterocycles. The lowest BCUT2D eigenvalue weighted by molar-refractivity contribution is 0.235. The number of halogens is 2. The molecule has 1 aromatic rings. The summed E-state index contributed by atoms with van der Waals surface area (Å²) < 4.78 is 38.6. The van der Waals surface area contributed by atoms with Crippen LogP contribution in [0.4, 0.5) is 9.18 Å². The Labute approximate surface area is 106 Å². The SMILES string of the molecule is O=C1NCCN1S(=O)(=O)c1ccc(Br)cc1F. The zero-order chi connectivity index (χ0) is 12.6. The molecular formula is C9H8BrFN2O3S. The number of hydrogen-bond donors (Lipinski definition) is 1. The third kappa shape index (κ3) is 2.14. The summed E-state index contributed by atoms with van der Waals surface area (Å²) in [6.45, 7) is 0.243. The highest BCUT2D eigenvalue weighted by atomic mass is 79.9. The monoisotopic (exact) mass is 322 g/mol. The van der Waals surface area contributed by atoms with Crippen LogP contribution in [-0.4, -0.2) is 31.8 Å². The predicted octanol–water partition coefficient (Wildman–Crippen LogP) is 1.30. The summed E-state index contributed by atoms with van der Waals surface area (Å²) in [6.07, 6.45) is 0. The van der Waals surface area contributed by atoms with Crippen molar-refractivity contribution in [3.63, 3.8) is 0 Å². The summed E-state index contributed by atoms with van der Waals surface area (Å²) in [4.78, 5) is 10.8. The summed E-state index contributed by atoms with van der Waals surface area (Å²) in [6, 6.07) is 2.85. The summed E-state index contributed by atoms with van der Waals surface area (Å²) >= 11 is 3.03. The van der Waals surface area contributed by atoms with Gasteiger partial charge in [-0.2, -0.15) is 0 Å². The van der Waals surface area contributed by atoms with Crippen LogP contribution in [0.3, 0.4) is 0 Å². The van der Waals surface area contributed by atoms with Crippen LogP contribution < -0.4 is 5.32 Å². The molecule has 1 aromatic carbocycles. The molecular weight excluding hydrogens is 315 g/mol. The Morgan fingerprint density at radius 2 is 2.12 bits per heavy atom. The van der Waals surface area contributed by atoms with Crippen LogP contribution in [0.5, 0.6) is 0 Å². The van der Waals surface area contributed by atoms with E-state index in [4.69, 9.17) is 0 Å². The summed E-state index contributed by atoms with van der Waals surface area (Å²) in [7, 11) is -4.11. The molecule has 92 valence electrons. The topological polar surface area (TPSA) is 66.5 Å². The quantitative estimate of drug-likeness (QED) is 0.892. The van der Waals surface area contributed by atoms with Crippen LogP contribution in [0.2, 0.25) is 0 Å². The van der Waals surface area contributed by atoms with Crippen molar-refractivity contribution in [1.82, 2.24) is 9.62 Å². The van der Waals surface area contributed by atoms with Crippen LogP contribution >= 0.6 is 15.9 Å². The van der Waals surface area contributed by atoms with Crippen molar-refractivity contribution in [3.8, 4) is 0 Å². The third-order valence-corrected chi connectivity index (χ3v) is 4.59. The van der Waals surface area contributed by atoms with E-state index in [9.17, 15) is 17.6 Å². The van der Waals surface area contributed by atoms with Gasteiger partial charge in [-0.3, -0.25) is 0 Å². The maximum atomic E-state index is 13.6. The van der Waals surface area contributed by atoms with Crippen LogP contribution in [0.25, 0.3) is 0 Å². The second-order valence-electron chi connectivity index (χ2n) is 3.38. The molecule has 0 aliphatic carbocycles. The fourth-order valence-electron chi connectivity index (χ4n) is 1.49. The van der Waals surface area contributed by atoms with Gasteiger partial charge in [-0.05, 0) is 18.2 Å². The van der Waals surface area contributed by atoms with E-state index in [-0.39, 0.29) is 13.1 Å². The van der Waals surface area contributed by atoms with Crippen molar-refractivity contribution in [2.45, 2.75) is 4.90 Å². The average Bonchev–Trinajstić information content (AvgIpc) is 2.64. The van der Waals surface area contributed by atoms with Gasteiger partial charge in [0.2, 0.25) is 0 Å². The van der Waals surface area contributed by atoms with E-state index in [2.05, 4.69) is 21.2 Å². The van der Waals surface area contributed by atoms with Gasteiger partial charge in [-0.15, -0.1) is 0 Å². The van der Waals surface area contributed by atoms with Gasteiger partial charge in [0.15, 0.2) is 0 Å². The number of amides is 2. The van der Waals surface area contributed by atoms with E-state index in [0.717, 1.165) is 12.1 Å². The number of benzene rings is 1. The Kier molecular flexibility index (Phi) is 3.09. The van der Waals surface area contributed by atoms with E-state index < -0.39 is 26.8 Å². The Bertz CT molecular complexity index is 576. The van der Waals surface area contributed by atoms with Crippen LogP contribution in [0, 0.1) is 5.82 Å². The number of carbonyl (C=O) groups excluding carboxylic acids is 1. The van der Waals surface area contributed by atoms with Gasteiger partial charge in [0.05, 0.1) is 6.54 Å². The predicted molar refractivity (Wildman–Crippen MR) is 61.4 cm³/mol. The van der Waals surface area contributed by atoms with Crippen molar-refractivity contribution >= 4 is 32.0 Å². The third-order valence-electron chi connectivity index (χ3n) is 2.28. The highest BCUT2D eigenvalue weighted by Crippen LogP contribution is 2.23. The molecule has 1 aliphatic heterocycles. The molecule has 0 saturated carbocycles. The van der Waals surface area contributed by atoms with E-state index in [1.807, 2.05) is 0 Å². The second kappa shape index (κ2) is 4.26. The number of rotatable bonds is 2. The van der Waals surface area contributed by atoms with Gasteiger partial charge in [0.1, 0.15) is 10.7 Å². The van der Waals surface area contributed by atoms with Crippen LogP contribution in [-0.2, 0) is 10.0 Å². The molecule has 8 heteroatoms. The molecule has 0 radical (unpaired) electrons. The fraction of sp³-hybridized carbons (Fsp3) is 0.222. The summed E-state index contributed by atoms with van der Waals surface area (Å²) in [5.41, 5.74) is 0. The van der Waals surface area contributed by atoms with Crippen LogP contribution in [0.15, 0.2) is 27.6 Å². The standard InChI is InChI=1S/C9H8BrFN2O3S/c10-6-1-2-8(7(11)5-6)17(15,16)13-4-3-12-9(13)14/h1-2,5H,3-4H2,(H,12,14). The lowest BCUT2D eigenvalue weighted by Crippen LogP contribution is -2.34. The highest BCUT2D eigenvalue weighted by Gasteiger charge is 2.34. The highest BCUT2D eigenvalue weighted by molar-refractivity contribution is 9.10. The number of nitrogens with one attached hydrogen (secondary N) is 1. The molecule has 2 rings (SSSR count).